The van der Waals surface area contributed by atoms with Gasteiger partial charge in [0.25, 0.3) is 0 Å². The van der Waals surface area contributed by atoms with E-state index in [9.17, 15) is 14.4 Å². The van der Waals surface area contributed by atoms with Gasteiger partial charge in [-0.1, -0.05) is 63.8 Å². The highest BCUT2D eigenvalue weighted by Crippen LogP contribution is 2.56. The quantitative estimate of drug-likeness (QED) is 0.566. The molecular formula is C31H41N3O4. The fourth-order valence-electron chi connectivity index (χ4n) is 8.01. The summed E-state index contributed by atoms with van der Waals surface area (Å²) in [5.41, 5.74) is 0.654. The van der Waals surface area contributed by atoms with E-state index in [-0.39, 0.29) is 29.8 Å². The van der Waals surface area contributed by atoms with Gasteiger partial charge in [-0.2, -0.15) is 0 Å². The molecule has 7 nitrogen and oxygen atoms in total. The van der Waals surface area contributed by atoms with Crippen LogP contribution < -0.4 is 10.6 Å². The molecule has 0 aromatic heterocycles. The highest BCUT2D eigenvalue weighted by atomic mass is 16.5. The van der Waals surface area contributed by atoms with Gasteiger partial charge < -0.3 is 20.3 Å². The second-order valence-electron chi connectivity index (χ2n) is 12.5. The molecule has 7 heteroatoms. The largest absolute Gasteiger partial charge is 0.359 e. The van der Waals surface area contributed by atoms with Crippen LogP contribution in [0.25, 0.3) is 0 Å². The van der Waals surface area contributed by atoms with Crippen LogP contribution in [0.15, 0.2) is 36.4 Å². The van der Waals surface area contributed by atoms with E-state index in [0.717, 1.165) is 50.5 Å². The zero-order valence-electron chi connectivity index (χ0n) is 22.8. The molecule has 3 aliphatic heterocycles. The zero-order valence-corrected chi connectivity index (χ0v) is 22.8. The van der Waals surface area contributed by atoms with Crippen LogP contribution in [0.4, 0.5) is 5.69 Å². The van der Waals surface area contributed by atoms with Gasteiger partial charge in [0.15, 0.2) is 0 Å². The van der Waals surface area contributed by atoms with Crippen LogP contribution in [0.2, 0.25) is 0 Å². The number of carbonyl (C=O) groups is 3. The molecule has 204 valence electrons. The molecule has 38 heavy (non-hydrogen) atoms. The van der Waals surface area contributed by atoms with E-state index in [0.29, 0.717) is 17.5 Å². The van der Waals surface area contributed by atoms with Gasteiger partial charge in [-0.25, -0.2) is 0 Å². The van der Waals surface area contributed by atoms with Gasteiger partial charge in [0, 0.05) is 17.8 Å². The molecule has 5 aliphatic rings. The van der Waals surface area contributed by atoms with Crippen molar-refractivity contribution in [2.75, 3.05) is 5.32 Å². The number of hydrogen-bond acceptors (Lipinski definition) is 4. The number of fused-ring (bicyclic) bond motifs is 1. The van der Waals surface area contributed by atoms with Crippen LogP contribution in [0, 0.1) is 30.6 Å². The Hall–Kier alpha value is -2.67. The molecule has 2 aliphatic carbocycles. The zero-order chi connectivity index (χ0) is 26.6. The van der Waals surface area contributed by atoms with Gasteiger partial charge in [0.05, 0.1) is 17.9 Å². The molecule has 0 radical (unpaired) electrons. The average molecular weight is 520 g/mol. The molecule has 9 atom stereocenters. The highest BCUT2D eigenvalue weighted by molar-refractivity contribution is 6.03. The van der Waals surface area contributed by atoms with E-state index in [1.165, 1.54) is 6.42 Å². The minimum absolute atomic E-state index is 0.0210. The molecular weight excluding hydrogens is 478 g/mol. The van der Waals surface area contributed by atoms with Gasteiger partial charge in [-0.05, 0) is 62.1 Å². The molecule has 6 rings (SSSR count). The van der Waals surface area contributed by atoms with E-state index in [1.807, 2.05) is 48.2 Å². The summed E-state index contributed by atoms with van der Waals surface area (Å²) in [6.07, 6.45) is 11.8. The number of amides is 3. The predicted molar refractivity (Wildman–Crippen MR) is 145 cm³/mol. The number of carbonyl (C=O) groups excluding carboxylic acids is 3. The summed E-state index contributed by atoms with van der Waals surface area (Å²) in [5.74, 6) is -1.10. The van der Waals surface area contributed by atoms with Crippen molar-refractivity contribution in [2.24, 2.45) is 23.7 Å². The second kappa shape index (κ2) is 9.82. The standard InChI is InChI=1S/C31H41N3O4/c1-18-9-8-12-21(17-18)32-28(35)25-24-15-16-31(38-24)26(25)30(37)34(23-14-7-5-11-20(23)3)27(31)29(36)33-22-13-6-4-10-19(22)2/h8-9,12,15-17,19-20,22-27H,4-7,10-11,13-14H2,1-3H3,(H,32,35)(H,33,36)/t19-,20-,22-,23+,24+,25-,26+,27+,31+/m0/s1. The van der Waals surface area contributed by atoms with Crippen LogP contribution >= 0.6 is 0 Å². The van der Waals surface area contributed by atoms with Crippen molar-refractivity contribution in [3.8, 4) is 0 Å². The van der Waals surface area contributed by atoms with Gasteiger partial charge in [-0.15, -0.1) is 0 Å². The summed E-state index contributed by atoms with van der Waals surface area (Å²) >= 11 is 0. The van der Waals surface area contributed by atoms with Gasteiger partial charge in [-0.3, -0.25) is 14.4 Å². The van der Waals surface area contributed by atoms with Gasteiger partial charge in [0.2, 0.25) is 17.7 Å². The number of anilines is 1. The van der Waals surface area contributed by atoms with Crippen molar-refractivity contribution >= 4 is 23.4 Å². The normalized spacial score (nSPS) is 39.8. The number of nitrogens with one attached hydrogen (secondary N) is 2. The Morgan fingerprint density at radius 1 is 1.00 bits per heavy atom. The first-order valence-electron chi connectivity index (χ1n) is 14.7. The van der Waals surface area contributed by atoms with E-state index >= 15 is 0 Å². The smallest absolute Gasteiger partial charge is 0.246 e. The maximum absolute atomic E-state index is 14.4. The first kappa shape index (κ1) is 25.6. The molecule has 1 aromatic carbocycles. The topological polar surface area (TPSA) is 87.7 Å². The lowest BCUT2D eigenvalue weighted by molar-refractivity contribution is -0.146. The predicted octanol–water partition coefficient (Wildman–Crippen LogP) is 4.36. The lowest BCUT2D eigenvalue weighted by Gasteiger charge is -2.42. The third-order valence-electron chi connectivity index (χ3n) is 10.0. The van der Waals surface area contributed by atoms with Crippen molar-refractivity contribution in [1.82, 2.24) is 10.2 Å². The molecule has 2 saturated carbocycles. The van der Waals surface area contributed by atoms with Crippen molar-refractivity contribution in [2.45, 2.75) is 102 Å². The number of hydrogen-bond donors (Lipinski definition) is 2. The van der Waals surface area contributed by atoms with Crippen LogP contribution in [0.3, 0.4) is 0 Å². The third-order valence-corrected chi connectivity index (χ3v) is 10.0. The van der Waals surface area contributed by atoms with E-state index in [1.54, 1.807) is 0 Å². The Balaban J connectivity index is 1.34. The summed E-state index contributed by atoms with van der Waals surface area (Å²) < 4.78 is 6.56. The lowest BCUT2D eigenvalue weighted by Crippen LogP contribution is -2.60. The molecule has 2 saturated heterocycles. The van der Waals surface area contributed by atoms with Gasteiger partial charge >= 0.3 is 0 Å². The highest BCUT2D eigenvalue weighted by Gasteiger charge is 2.73. The molecule has 0 unspecified atom stereocenters. The molecule has 4 fully saturated rings. The first-order chi connectivity index (χ1) is 18.3. The van der Waals surface area contributed by atoms with Crippen LogP contribution in [-0.4, -0.2) is 52.5 Å². The maximum atomic E-state index is 14.4. The summed E-state index contributed by atoms with van der Waals surface area (Å²) in [7, 11) is 0. The molecule has 2 bridgehead atoms. The second-order valence-corrected chi connectivity index (χ2v) is 12.5. The number of ether oxygens (including phenoxy) is 1. The number of rotatable bonds is 5. The Labute approximate surface area is 225 Å². The Bertz CT molecular complexity index is 1150. The monoisotopic (exact) mass is 519 g/mol. The van der Waals surface area contributed by atoms with Gasteiger partial charge in [0.1, 0.15) is 11.6 Å². The molecule has 2 N–H and O–H groups in total. The molecule has 1 spiro atoms. The van der Waals surface area contributed by atoms with E-state index in [2.05, 4.69) is 24.5 Å². The molecule has 3 amide bonds. The average Bonchev–Trinajstić information content (AvgIpc) is 3.53. The molecule has 3 heterocycles. The number of nitrogens with zero attached hydrogens (tertiary/aromatic N) is 1. The van der Waals surface area contributed by atoms with E-state index in [4.69, 9.17) is 4.74 Å². The van der Waals surface area contributed by atoms with Crippen molar-refractivity contribution in [1.29, 1.82) is 0 Å². The summed E-state index contributed by atoms with van der Waals surface area (Å²) in [5, 5.41) is 6.38. The lowest BCUT2D eigenvalue weighted by atomic mass is 9.74. The van der Waals surface area contributed by atoms with Crippen LogP contribution in [0.5, 0.6) is 0 Å². The summed E-state index contributed by atoms with van der Waals surface area (Å²) in [4.78, 5) is 44.1. The van der Waals surface area contributed by atoms with Crippen molar-refractivity contribution in [3.05, 3.63) is 42.0 Å². The Morgan fingerprint density at radius 2 is 1.74 bits per heavy atom. The number of aryl methyl sites for hydroxylation is 1. The minimum Gasteiger partial charge on any atom is -0.359 e. The van der Waals surface area contributed by atoms with E-state index < -0.39 is 29.6 Å². The number of likely N-dealkylation sites (tertiary alicyclic amines) is 1. The Kier molecular flexibility index (Phi) is 6.61. The van der Waals surface area contributed by atoms with Crippen molar-refractivity contribution < 1.29 is 19.1 Å². The molecule has 1 aromatic rings. The summed E-state index contributed by atoms with van der Waals surface area (Å²) in [6.45, 7) is 6.38. The summed E-state index contributed by atoms with van der Waals surface area (Å²) in [6, 6.07) is 7.00. The SMILES string of the molecule is Cc1cccc(NC(=O)[C@H]2[C@H]3C=C[C@@]4(O3)[C@H]2C(=O)N([C@@H]2CCCC[C@@H]2C)[C@@H]4C(=O)N[C@H]2CCCC[C@@H]2C)c1. The fourth-order valence-corrected chi connectivity index (χ4v) is 8.01. The maximum Gasteiger partial charge on any atom is 0.246 e. The third kappa shape index (κ3) is 4.09. The first-order valence-corrected chi connectivity index (χ1v) is 14.7. The minimum atomic E-state index is -1.10. The fraction of sp³-hybridized carbons (Fsp3) is 0.645. The van der Waals surface area contributed by atoms with Crippen LogP contribution in [0.1, 0.15) is 70.8 Å². The Morgan fingerprint density at radius 3 is 2.47 bits per heavy atom. The number of benzene rings is 1. The van der Waals surface area contributed by atoms with Crippen LogP contribution in [-0.2, 0) is 19.1 Å². The van der Waals surface area contributed by atoms with Crippen molar-refractivity contribution in [3.63, 3.8) is 0 Å².